The molecular formula is C25H21N5O. The van der Waals surface area contributed by atoms with Crippen LogP contribution in [0.15, 0.2) is 78.9 Å². The third-order valence-electron chi connectivity index (χ3n) is 5.28. The van der Waals surface area contributed by atoms with Gasteiger partial charge >= 0.3 is 0 Å². The Morgan fingerprint density at radius 1 is 0.935 bits per heavy atom. The number of nitrogens with zero attached hydrogens (tertiary/aromatic N) is 3. The van der Waals surface area contributed by atoms with Gasteiger partial charge in [0.05, 0.1) is 17.6 Å². The van der Waals surface area contributed by atoms with Crippen LogP contribution in [-0.2, 0) is 6.54 Å². The summed E-state index contributed by atoms with van der Waals surface area (Å²) in [5.41, 5.74) is 12.3. The fourth-order valence-corrected chi connectivity index (χ4v) is 3.78. The molecule has 2 heterocycles. The van der Waals surface area contributed by atoms with E-state index in [1.165, 1.54) is 0 Å². The zero-order valence-corrected chi connectivity index (χ0v) is 17.0. The minimum Gasteiger partial charge on any atom is -0.384 e. The first-order valence-electron chi connectivity index (χ1n) is 10.1. The van der Waals surface area contributed by atoms with Crippen molar-refractivity contribution < 1.29 is 4.79 Å². The number of para-hydroxylation sites is 2. The number of rotatable bonds is 4. The van der Waals surface area contributed by atoms with E-state index in [0.29, 0.717) is 34.8 Å². The summed E-state index contributed by atoms with van der Waals surface area (Å²) in [5, 5.41) is 2.96. The standard InChI is InChI=1S/C25H21N5O/c1-16-8-7-11-18(14-16)27-25(31)21-22-24(29-20-13-6-5-12-19(20)28-22)30(23(21)26)15-17-9-3-2-4-10-17/h2-14H,15,26H2,1H3,(H,27,31). The minimum atomic E-state index is -0.301. The smallest absolute Gasteiger partial charge is 0.261 e. The molecule has 3 aromatic carbocycles. The highest BCUT2D eigenvalue weighted by Crippen LogP contribution is 2.29. The number of benzene rings is 3. The van der Waals surface area contributed by atoms with Crippen LogP contribution in [0.5, 0.6) is 0 Å². The quantitative estimate of drug-likeness (QED) is 0.449. The summed E-state index contributed by atoms with van der Waals surface area (Å²) in [7, 11) is 0. The van der Waals surface area contributed by atoms with Gasteiger partial charge in [-0.1, -0.05) is 54.6 Å². The van der Waals surface area contributed by atoms with Crippen LogP contribution in [0.25, 0.3) is 22.2 Å². The fraction of sp³-hybridized carbons (Fsp3) is 0.0800. The molecule has 0 atom stereocenters. The second kappa shape index (κ2) is 7.57. The molecule has 152 valence electrons. The lowest BCUT2D eigenvalue weighted by Crippen LogP contribution is -2.15. The molecule has 0 saturated carbocycles. The molecule has 31 heavy (non-hydrogen) atoms. The van der Waals surface area contributed by atoms with Crippen LogP contribution in [-0.4, -0.2) is 20.4 Å². The van der Waals surface area contributed by atoms with Crippen LogP contribution in [0.1, 0.15) is 21.5 Å². The van der Waals surface area contributed by atoms with Gasteiger partial charge in [0.2, 0.25) is 0 Å². The molecule has 0 saturated heterocycles. The summed E-state index contributed by atoms with van der Waals surface area (Å²) in [6.45, 7) is 2.47. The van der Waals surface area contributed by atoms with Gasteiger partial charge in [0.25, 0.3) is 5.91 Å². The Balaban J connectivity index is 1.68. The average Bonchev–Trinajstić information content (AvgIpc) is 3.03. The second-order valence-corrected chi connectivity index (χ2v) is 7.54. The van der Waals surface area contributed by atoms with Crippen molar-refractivity contribution in [2.24, 2.45) is 0 Å². The Bertz CT molecular complexity index is 1420. The zero-order chi connectivity index (χ0) is 21.4. The lowest BCUT2D eigenvalue weighted by Gasteiger charge is -2.08. The SMILES string of the molecule is Cc1cccc(NC(=O)c2c(N)n(Cc3ccccc3)c3nc4ccccc4nc23)c1. The number of nitrogens with one attached hydrogen (secondary N) is 1. The number of carbonyl (C=O) groups excluding carboxylic acids is 1. The molecule has 3 N–H and O–H groups in total. The highest BCUT2D eigenvalue weighted by atomic mass is 16.1. The molecule has 0 spiro atoms. The Morgan fingerprint density at radius 2 is 1.65 bits per heavy atom. The van der Waals surface area contributed by atoms with Crippen LogP contribution < -0.4 is 11.1 Å². The lowest BCUT2D eigenvalue weighted by molar-refractivity contribution is 0.102. The van der Waals surface area contributed by atoms with E-state index in [4.69, 9.17) is 15.7 Å². The van der Waals surface area contributed by atoms with E-state index in [-0.39, 0.29) is 5.91 Å². The normalized spacial score (nSPS) is 11.1. The first-order chi connectivity index (χ1) is 15.1. The van der Waals surface area contributed by atoms with Crippen molar-refractivity contribution >= 4 is 39.6 Å². The van der Waals surface area contributed by atoms with E-state index in [9.17, 15) is 4.79 Å². The van der Waals surface area contributed by atoms with Crippen LogP contribution in [0.2, 0.25) is 0 Å². The molecule has 5 aromatic rings. The van der Waals surface area contributed by atoms with E-state index in [0.717, 1.165) is 22.2 Å². The Morgan fingerprint density at radius 3 is 2.39 bits per heavy atom. The summed E-state index contributed by atoms with van der Waals surface area (Å²) in [6, 6.07) is 25.2. The predicted octanol–water partition coefficient (Wildman–Crippen LogP) is 4.78. The number of anilines is 2. The maximum absolute atomic E-state index is 13.3. The van der Waals surface area contributed by atoms with Crippen molar-refractivity contribution in [1.29, 1.82) is 0 Å². The zero-order valence-electron chi connectivity index (χ0n) is 17.0. The van der Waals surface area contributed by atoms with Gasteiger partial charge in [-0.15, -0.1) is 0 Å². The van der Waals surface area contributed by atoms with Gasteiger partial charge in [-0.2, -0.15) is 0 Å². The van der Waals surface area contributed by atoms with Crippen molar-refractivity contribution in [3.05, 3.63) is 95.6 Å². The van der Waals surface area contributed by atoms with Gasteiger partial charge in [-0.25, -0.2) is 9.97 Å². The number of hydrogen-bond donors (Lipinski definition) is 2. The Labute approximate surface area is 179 Å². The molecule has 0 aliphatic heterocycles. The van der Waals surface area contributed by atoms with Gasteiger partial charge in [-0.05, 0) is 42.3 Å². The van der Waals surface area contributed by atoms with Gasteiger partial charge in [-0.3, -0.25) is 4.79 Å². The Hall–Kier alpha value is -4.19. The molecule has 0 aliphatic rings. The number of nitrogen functional groups attached to an aromatic ring is 1. The molecule has 0 radical (unpaired) electrons. The van der Waals surface area contributed by atoms with Gasteiger partial charge in [0.15, 0.2) is 5.65 Å². The average molecular weight is 407 g/mol. The van der Waals surface area contributed by atoms with E-state index in [1.54, 1.807) is 0 Å². The second-order valence-electron chi connectivity index (χ2n) is 7.54. The van der Waals surface area contributed by atoms with Crippen LogP contribution in [0, 0.1) is 6.92 Å². The monoisotopic (exact) mass is 407 g/mol. The van der Waals surface area contributed by atoms with Crippen molar-refractivity contribution in [2.45, 2.75) is 13.5 Å². The van der Waals surface area contributed by atoms with Crippen LogP contribution in [0.4, 0.5) is 11.5 Å². The summed E-state index contributed by atoms with van der Waals surface area (Å²) < 4.78 is 1.86. The maximum atomic E-state index is 13.3. The van der Waals surface area contributed by atoms with Crippen LogP contribution in [0.3, 0.4) is 0 Å². The minimum absolute atomic E-state index is 0.301. The molecule has 2 aromatic heterocycles. The third kappa shape index (κ3) is 3.48. The number of hydrogen-bond acceptors (Lipinski definition) is 4. The molecule has 0 unspecified atom stereocenters. The van der Waals surface area contributed by atoms with Crippen LogP contribution >= 0.6 is 0 Å². The van der Waals surface area contributed by atoms with Crippen molar-refractivity contribution in [1.82, 2.24) is 14.5 Å². The number of aryl methyl sites for hydroxylation is 1. The summed E-state index contributed by atoms with van der Waals surface area (Å²) >= 11 is 0. The highest BCUT2D eigenvalue weighted by Gasteiger charge is 2.24. The lowest BCUT2D eigenvalue weighted by atomic mass is 10.2. The molecule has 0 aliphatic carbocycles. The third-order valence-corrected chi connectivity index (χ3v) is 5.28. The molecule has 0 fully saturated rings. The number of aromatic nitrogens is 3. The van der Waals surface area contributed by atoms with E-state index in [2.05, 4.69) is 5.32 Å². The highest BCUT2D eigenvalue weighted by molar-refractivity contribution is 6.16. The van der Waals surface area contributed by atoms with Crippen molar-refractivity contribution in [3.8, 4) is 0 Å². The number of carbonyl (C=O) groups is 1. The Kier molecular flexibility index (Phi) is 4.59. The molecule has 0 bridgehead atoms. The van der Waals surface area contributed by atoms with E-state index < -0.39 is 0 Å². The number of nitrogens with two attached hydrogens (primary N) is 1. The molecule has 6 heteroatoms. The molecule has 6 nitrogen and oxygen atoms in total. The molecule has 1 amide bonds. The van der Waals surface area contributed by atoms with Gasteiger partial charge in [0, 0.05) is 5.69 Å². The summed E-state index contributed by atoms with van der Waals surface area (Å²) in [6.07, 6.45) is 0. The van der Waals surface area contributed by atoms with Gasteiger partial charge in [0.1, 0.15) is 16.9 Å². The van der Waals surface area contributed by atoms with Crippen molar-refractivity contribution in [2.75, 3.05) is 11.1 Å². The predicted molar refractivity (Wildman–Crippen MR) is 124 cm³/mol. The summed E-state index contributed by atoms with van der Waals surface area (Å²) in [5.74, 6) is 0.0452. The molecule has 5 rings (SSSR count). The first-order valence-corrected chi connectivity index (χ1v) is 10.1. The molecular weight excluding hydrogens is 386 g/mol. The fourth-order valence-electron chi connectivity index (χ4n) is 3.78. The first kappa shape index (κ1) is 18.8. The largest absolute Gasteiger partial charge is 0.384 e. The van der Waals surface area contributed by atoms with E-state index in [1.807, 2.05) is 90.4 Å². The maximum Gasteiger partial charge on any atom is 0.261 e. The van der Waals surface area contributed by atoms with E-state index >= 15 is 0 Å². The number of amides is 1. The summed E-state index contributed by atoms with van der Waals surface area (Å²) in [4.78, 5) is 22.8. The number of fused-ring (bicyclic) bond motifs is 2. The van der Waals surface area contributed by atoms with Crippen molar-refractivity contribution in [3.63, 3.8) is 0 Å². The topological polar surface area (TPSA) is 85.8 Å². The van der Waals surface area contributed by atoms with Gasteiger partial charge < -0.3 is 15.6 Å².